The Morgan fingerprint density at radius 2 is 1.83 bits per heavy atom. The zero-order valence-electron chi connectivity index (χ0n) is 13.2. The summed E-state index contributed by atoms with van der Waals surface area (Å²) in [5, 5.41) is 6.23. The summed E-state index contributed by atoms with van der Waals surface area (Å²) >= 11 is 12.0. The van der Waals surface area contributed by atoms with Crippen LogP contribution in [0.25, 0.3) is 0 Å². The second-order valence-electron chi connectivity index (χ2n) is 4.90. The highest BCUT2D eigenvalue weighted by atomic mass is 35.5. The quantitative estimate of drug-likeness (QED) is 0.812. The smallest absolute Gasteiger partial charge is 0.259 e. The number of anilines is 2. The molecule has 0 heterocycles. The van der Waals surface area contributed by atoms with Crippen molar-refractivity contribution in [2.24, 2.45) is 0 Å². The van der Waals surface area contributed by atoms with Gasteiger partial charge in [-0.05, 0) is 36.4 Å². The number of carbonyl (C=O) groups excluding carboxylic acids is 2. The molecule has 0 saturated heterocycles. The number of halogens is 2. The number of rotatable bonds is 5. The van der Waals surface area contributed by atoms with Gasteiger partial charge in [0.2, 0.25) is 5.91 Å². The fraction of sp³-hybridized carbons (Fsp3) is 0.176. The van der Waals surface area contributed by atoms with Gasteiger partial charge in [0.05, 0.1) is 23.4 Å². The first kappa shape index (κ1) is 18.1. The summed E-state index contributed by atoms with van der Waals surface area (Å²) in [5.41, 5.74) is 1.25. The van der Waals surface area contributed by atoms with Crippen LogP contribution in [0.15, 0.2) is 36.4 Å². The number of carbonyl (C=O) groups is 2. The summed E-state index contributed by atoms with van der Waals surface area (Å²) < 4.78 is 5.17. The van der Waals surface area contributed by atoms with Crippen LogP contribution >= 0.6 is 23.2 Å². The molecule has 2 aromatic carbocycles. The molecule has 2 N–H and O–H groups in total. The van der Waals surface area contributed by atoms with Gasteiger partial charge in [-0.25, -0.2) is 0 Å². The molecular weight excluding hydrogens is 351 g/mol. The van der Waals surface area contributed by atoms with E-state index >= 15 is 0 Å². The van der Waals surface area contributed by atoms with Crippen LogP contribution in [-0.2, 0) is 4.79 Å². The molecule has 0 atom stereocenters. The Morgan fingerprint density at radius 1 is 1.08 bits per heavy atom. The molecule has 5 nitrogen and oxygen atoms in total. The van der Waals surface area contributed by atoms with E-state index in [2.05, 4.69) is 10.6 Å². The second kappa shape index (κ2) is 8.04. The zero-order valence-corrected chi connectivity index (χ0v) is 14.7. The molecule has 0 aliphatic rings. The third kappa shape index (κ3) is 4.40. The minimum atomic E-state index is -0.399. The minimum absolute atomic E-state index is 0.131. The second-order valence-corrected chi connectivity index (χ2v) is 5.74. The third-order valence-corrected chi connectivity index (χ3v) is 3.79. The topological polar surface area (TPSA) is 67.4 Å². The molecule has 0 saturated carbocycles. The predicted octanol–water partition coefficient (Wildman–Crippen LogP) is 4.60. The highest BCUT2D eigenvalue weighted by Gasteiger charge is 2.15. The first-order chi connectivity index (χ1) is 11.4. The molecule has 7 heteroatoms. The molecule has 2 aromatic rings. The Bertz CT molecular complexity index is 778. The predicted molar refractivity (Wildman–Crippen MR) is 96.3 cm³/mol. The van der Waals surface area contributed by atoms with Gasteiger partial charge in [0.25, 0.3) is 5.91 Å². The van der Waals surface area contributed by atoms with Gasteiger partial charge < -0.3 is 15.4 Å². The van der Waals surface area contributed by atoms with Gasteiger partial charge in [-0.3, -0.25) is 9.59 Å². The lowest BCUT2D eigenvalue weighted by Crippen LogP contribution is -2.14. The first-order valence-corrected chi connectivity index (χ1v) is 7.94. The number of nitrogens with one attached hydrogen (secondary N) is 2. The van der Waals surface area contributed by atoms with Crippen LogP contribution in [0.2, 0.25) is 10.0 Å². The average Bonchev–Trinajstić information content (AvgIpc) is 2.57. The molecule has 0 bridgehead atoms. The van der Waals surface area contributed by atoms with Gasteiger partial charge in [0, 0.05) is 17.1 Å². The zero-order chi connectivity index (χ0) is 17.7. The molecule has 0 unspecified atom stereocenters. The molecule has 2 rings (SSSR count). The maximum absolute atomic E-state index is 12.5. The molecule has 0 fully saturated rings. The lowest BCUT2D eigenvalue weighted by atomic mass is 10.1. The monoisotopic (exact) mass is 366 g/mol. The van der Waals surface area contributed by atoms with Crippen molar-refractivity contribution < 1.29 is 14.3 Å². The van der Waals surface area contributed by atoms with Crippen molar-refractivity contribution in [3.63, 3.8) is 0 Å². The summed E-state index contributed by atoms with van der Waals surface area (Å²) in [5.74, 6) is -0.176. The fourth-order valence-corrected chi connectivity index (χ4v) is 2.32. The van der Waals surface area contributed by atoms with E-state index in [1.54, 1.807) is 43.3 Å². The molecule has 0 aliphatic carbocycles. The normalized spacial score (nSPS) is 10.2. The maximum atomic E-state index is 12.5. The SMILES string of the molecule is CCC(=O)Nc1ccc(Cl)c(NC(=O)c2ccc(Cl)cc2OC)c1. The van der Waals surface area contributed by atoms with Crippen LogP contribution < -0.4 is 15.4 Å². The molecule has 2 amide bonds. The van der Waals surface area contributed by atoms with Crippen molar-refractivity contribution in [2.45, 2.75) is 13.3 Å². The van der Waals surface area contributed by atoms with E-state index in [1.165, 1.54) is 7.11 Å². The van der Waals surface area contributed by atoms with Crippen LogP contribution in [0.3, 0.4) is 0 Å². The third-order valence-electron chi connectivity index (χ3n) is 3.23. The van der Waals surface area contributed by atoms with E-state index in [0.29, 0.717) is 39.2 Å². The highest BCUT2D eigenvalue weighted by Crippen LogP contribution is 2.28. The summed E-state index contributed by atoms with van der Waals surface area (Å²) in [6.45, 7) is 1.75. The number of benzene rings is 2. The van der Waals surface area contributed by atoms with Gasteiger partial charge in [-0.1, -0.05) is 30.1 Å². The average molecular weight is 367 g/mol. The van der Waals surface area contributed by atoms with E-state index in [-0.39, 0.29) is 5.91 Å². The van der Waals surface area contributed by atoms with Crippen LogP contribution in [0.5, 0.6) is 5.75 Å². The van der Waals surface area contributed by atoms with Gasteiger partial charge in [-0.2, -0.15) is 0 Å². The molecule has 0 aromatic heterocycles. The van der Waals surface area contributed by atoms with Crippen LogP contribution in [0.1, 0.15) is 23.7 Å². The van der Waals surface area contributed by atoms with E-state index in [4.69, 9.17) is 27.9 Å². The summed E-state index contributed by atoms with van der Waals surface area (Å²) in [6, 6.07) is 9.56. The van der Waals surface area contributed by atoms with Crippen molar-refractivity contribution in [1.82, 2.24) is 0 Å². The number of methoxy groups -OCH3 is 1. The van der Waals surface area contributed by atoms with Crippen molar-refractivity contribution in [1.29, 1.82) is 0 Å². The molecule has 0 radical (unpaired) electrons. The lowest BCUT2D eigenvalue weighted by molar-refractivity contribution is -0.115. The van der Waals surface area contributed by atoms with Gasteiger partial charge in [0.15, 0.2) is 0 Å². The van der Waals surface area contributed by atoms with Crippen LogP contribution in [0.4, 0.5) is 11.4 Å². The number of hydrogen-bond donors (Lipinski definition) is 2. The number of hydrogen-bond acceptors (Lipinski definition) is 3. The molecule has 24 heavy (non-hydrogen) atoms. The van der Waals surface area contributed by atoms with E-state index in [9.17, 15) is 9.59 Å². The number of ether oxygens (including phenoxy) is 1. The Morgan fingerprint density at radius 3 is 2.50 bits per heavy atom. The Labute approximate surface area is 149 Å². The summed E-state index contributed by atoms with van der Waals surface area (Å²) in [4.78, 5) is 23.9. The first-order valence-electron chi connectivity index (χ1n) is 7.19. The van der Waals surface area contributed by atoms with Crippen molar-refractivity contribution in [3.05, 3.63) is 52.0 Å². The molecular formula is C17H16Cl2N2O3. The van der Waals surface area contributed by atoms with Crippen molar-refractivity contribution in [3.8, 4) is 5.75 Å². The van der Waals surface area contributed by atoms with Crippen LogP contribution in [0, 0.1) is 0 Å². The van der Waals surface area contributed by atoms with Gasteiger partial charge in [-0.15, -0.1) is 0 Å². The van der Waals surface area contributed by atoms with Gasteiger partial charge >= 0.3 is 0 Å². The molecule has 126 valence electrons. The van der Waals surface area contributed by atoms with Gasteiger partial charge in [0.1, 0.15) is 5.75 Å². The Kier molecular flexibility index (Phi) is 6.06. The summed E-state index contributed by atoms with van der Waals surface area (Å²) in [6.07, 6.45) is 0.353. The Hall–Kier alpha value is -2.24. The van der Waals surface area contributed by atoms with Crippen molar-refractivity contribution >= 4 is 46.4 Å². The standard InChI is InChI=1S/C17H16Cl2N2O3/c1-3-16(22)20-11-5-7-13(19)14(9-11)21-17(23)12-6-4-10(18)8-15(12)24-2/h4-9H,3H2,1-2H3,(H,20,22)(H,21,23). The maximum Gasteiger partial charge on any atom is 0.259 e. The largest absolute Gasteiger partial charge is 0.496 e. The van der Waals surface area contributed by atoms with E-state index < -0.39 is 5.91 Å². The molecule has 0 spiro atoms. The highest BCUT2D eigenvalue weighted by molar-refractivity contribution is 6.34. The summed E-state index contributed by atoms with van der Waals surface area (Å²) in [7, 11) is 1.45. The van der Waals surface area contributed by atoms with E-state index in [1.807, 2.05) is 0 Å². The molecule has 0 aliphatic heterocycles. The van der Waals surface area contributed by atoms with Crippen LogP contribution in [-0.4, -0.2) is 18.9 Å². The van der Waals surface area contributed by atoms with E-state index in [0.717, 1.165) is 0 Å². The number of amides is 2. The fourth-order valence-electron chi connectivity index (χ4n) is 1.99. The minimum Gasteiger partial charge on any atom is -0.496 e. The lowest BCUT2D eigenvalue weighted by Gasteiger charge is -2.12. The Balaban J connectivity index is 2.25. The van der Waals surface area contributed by atoms with Crippen molar-refractivity contribution in [2.75, 3.05) is 17.7 Å².